The van der Waals surface area contributed by atoms with Crippen molar-refractivity contribution in [3.63, 3.8) is 0 Å². The molecule has 9 heteroatoms. The predicted octanol–water partition coefficient (Wildman–Crippen LogP) is 5.42. The van der Waals surface area contributed by atoms with Crippen LogP contribution in [0.4, 0.5) is 14.5 Å². The molecule has 212 valence electrons. The van der Waals surface area contributed by atoms with Gasteiger partial charge in [-0.2, -0.15) is 4.98 Å². The molecule has 1 amide bonds. The van der Waals surface area contributed by atoms with Crippen molar-refractivity contribution in [3.05, 3.63) is 72.8 Å². The van der Waals surface area contributed by atoms with E-state index >= 15 is 4.39 Å². The maximum Gasteiger partial charge on any atom is 0.246 e. The van der Waals surface area contributed by atoms with Crippen LogP contribution in [0.3, 0.4) is 0 Å². The number of likely N-dealkylation sites (N-methyl/N-ethyl adjacent to an activating group) is 1. The van der Waals surface area contributed by atoms with Gasteiger partial charge in [0.25, 0.3) is 0 Å². The summed E-state index contributed by atoms with van der Waals surface area (Å²) < 4.78 is 37.1. The van der Waals surface area contributed by atoms with Crippen LogP contribution < -0.4 is 9.64 Å². The largest absolute Gasteiger partial charge is 0.476 e. The Morgan fingerprint density at radius 1 is 1.10 bits per heavy atom. The molecule has 2 aliphatic rings. The van der Waals surface area contributed by atoms with Crippen LogP contribution in [0, 0.1) is 11.6 Å². The molecule has 2 aromatic carbocycles. The van der Waals surface area contributed by atoms with Crippen LogP contribution in [-0.2, 0) is 4.79 Å². The minimum atomic E-state index is -0.564. The highest BCUT2D eigenvalue weighted by Crippen LogP contribution is 2.37. The Balaban J connectivity index is 1.45. The second kappa shape index (κ2) is 11.0. The molecule has 0 saturated carbocycles. The summed E-state index contributed by atoms with van der Waals surface area (Å²) >= 11 is 0. The molecular weight excluding hydrogens is 524 g/mol. The summed E-state index contributed by atoms with van der Waals surface area (Å²) in [5, 5.41) is 1.51. The fraction of sp³-hybridized carbons (Fsp3) is 0.344. The number of pyridine rings is 2. The van der Waals surface area contributed by atoms with E-state index in [9.17, 15) is 9.18 Å². The van der Waals surface area contributed by atoms with Gasteiger partial charge in [0, 0.05) is 54.1 Å². The number of carbonyl (C=O) groups is 1. The van der Waals surface area contributed by atoms with Crippen molar-refractivity contribution >= 4 is 33.4 Å². The average Bonchev–Trinajstić information content (AvgIpc) is 3.39. The molecule has 2 aromatic heterocycles. The van der Waals surface area contributed by atoms with Crippen molar-refractivity contribution in [2.45, 2.75) is 31.8 Å². The lowest BCUT2D eigenvalue weighted by molar-refractivity contribution is -0.126. The van der Waals surface area contributed by atoms with Crippen LogP contribution >= 0.6 is 0 Å². The standard InChI is InChI=1S/C32H33F2N5O2/c1-4-29(40)38-14-15-39(20(2)18-38)27-17-28(41-19-22-10-7-13-37(22)3)35-32-24(27)16-26(34)31(36-32)23-11-5-8-21-9-6-12-25(33)30(21)23/h4-6,8-9,11-12,16-17,20,22H,1,7,10,13-15,18-19H2,2-3H3/t20-,22+/m1/s1. The minimum Gasteiger partial charge on any atom is -0.476 e. The van der Waals surface area contributed by atoms with Crippen LogP contribution in [0.2, 0.25) is 0 Å². The third-order valence-electron chi connectivity index (χ3n) is 8.34. The summed E-state index contributed by atoms with van der Waals surface area (Å²) in [6.45, 7) is 8.70. The van der Waals surface area contributed by atoms with Crippen LogP contribution in [0.25, 0.3) is 33.1 Å². The molecule has 0 radical (unpaired) electrons. The van der Waals surface area contributed by atoms with Crippen molar-refractivity contribution in [2.24, 2.45) is 0 Å². The van der Waals surface area contributed by atoms with Crippen molar-refractivity contribution in [2.75, 3.05) is 44.7 Å². The molecular formula is C32H33F2N5O2. The molecule has 2 atom stereocenters. The molecule has 2 fully saturated rings. The number of hydrogen-bond acceptors (Lipinski definition) is 6. The molecule has 2 aliphatic heterocycles. The lowest BCUT2D eigenvalue weighted by Crippen LogP contribution is -2.53. The Morgan fingerprint density at radius 2 is 1.90 bits per heavy atom. The highest BCUT2D eigenvalue weighted by atomic mass is 19.1. The summed E-state index contributed by atoms with van der Waals surface area (Å²) in [4.78, 5) is 27.8. The van der Waals surface area contributed by atoms with E-state index in [1.807, 2.05) is 13.0 Å². The van der Waals surface area contributed by atoms with E-state index in [4.69, 9.17) is 9.72 Å². The Labute approximate surface area is 238 Å². The number of nitrogens with zero attached hydrogens (tertiary/aromatic N) is 5. The molecule has 4 heterocycles. The van der Waals surface area contributed by atoms with E-state index in [-0.39, 0.29) is 17.6 Å². The molecule has 4 aromatic rings. The Bertz CT molecular complexity index is 1640. The quantitative estimate of drug-likeness (QED) is 0.295. The first-order chi connectivity index (χ1) is 19.8. The first kappa shape index (κ1) is 27.1. The van der Waals surface area contributed by atoms with Crippen LogP contribution in [0.15, 0.2) is 61.2 Å². The van der Waals surface area contributed by atoms with Crippen LogP contribution in [0.5, 0.6) is 5.88 Å². The van der Waals surface area contributed by atoms with Gasteiger partial charge in [-0.1, -0.05) is 36.9 Å². The van der Waals surface area contributed by atoms with E-state index in [1.54, 1.807) is 35.2 Å². The van der Waals surface area contributed by atoms with Gasteiger partial charge in [0.05, 0.1) is 5.69 Å². The van der Waals surface area contributed by atoms with Gasteiger partial charge in [-0.15, -0.1) is 0 Å². The number of amides is 1. The zero-order valence-electron chi connectivity index (χ0n) is 23.3. The summed E-state index contributed by atoms with van der Waals surface area (Å²) in [6.07, 6.45) is 3.50. The lowest BCUT2D eigenvalue weighted by atomic mass is 10.0. The summed E-state index contributed by atoms with van der Waals surface area (Å²) in [7, 11) is 2.09. The van der Waals surface area contributed by atoms with Gasteiger partial charge in [0.15, 0.2) is 5.65 Å². The highest BCUT2D eigenvalue weighted by Gasteiger charge is 2.29. The predicted molar refractivity (Wildman–Crippen MR) is 157 cm³/mol. The van der Waals surface area contributed by atoms with E-state index in [1.165, 1.54) is 18.2 Å². The third kappa shape index (κ3) is 5.10. The summed E-state index contributed by atoms with van der Waals surface area (Å²) in [6, 6.07) is 13.5. The number of fused-ring (bicyclic) bond motifs is 2. The van der Waals surface area contributed by atoms with Crippen molar-refractivity contribution in [1.82, 2.24) is 19.8 Å². The number of piperazine rings is 1. The molecule has 41 heavy (non-hydrogen) atoms. The van der Waals surface area contributed by atoms with E-state index in [2.05, 4.69) is 28.4 Å². The molecule has 0 N–H and O–H groups in total. The molecule has 6 rings (SSSR count). The number of carbonyl (C=O) groups excluding carboxylic acids is 1. The maximum absolute atomic E-state index is 15.9. The number of likely N-dealkylation sites (tertiary alicyclic amines) is 1. The van der Waals surface area contributed by atoms with Gasteiger partial charge < -0.3 is 19.4 Å². The highest BCUT2D eigenvalue weighted by molar-refractivity contribution is 5.98. The number of ether oxygens (including phenoxy) is 1. The maximum atomic E-state index is 15.9. The third-order valence-corrected chi connectivity index (χ3v) is 8.34. The van der Waals surface area contributed by atoms with E-state index in [0.29, 0.717) is 65.5 Å². The second-order valence-corrected chi connectivity index (χ2v) is 10.9. The van der Waals surface area contributed by atoms with E-state index in [0.717, 1.165) is 25.1 Å². The first-order valence-corrected chi connectivity index (χ1v) is 14.0. The molecule has 0 aliphatic carbocycles. The zero-order valence-corrected chi connectivity index (χ0v) is 23.3. The Kier molecular flexibility index (Phi) is 7.30. The van der Waals surface area contributed by atoms with Gasteiger partial charge in [-0.25, -0.2) is 13.8 Å². The van der Waals surface area contributed by atoms with Crippen LogP contribution in [0.1, 0.15) is 19.8 Å². The fourth-order valence-electron chi connectivity index (χ4n) is 6.09. The second-order valence-electron chi connectivity index (χ2n) is 10.9. The molecule has 0 unspecified atom stereocenters. The van der Waals surface area contributed by atoms with Gasteiger partial charge >= 0.3 is 0 Å². The molecule has 2 saturated heterocycles. The fourth-order valence-corrected chi connectivity index (χ4v) is 6.09. The molecule has 0 spiro atoms. The van der Waals surface area contributed by atoms with Crippen molar-refractivity contribution in [3.8, 4) is 17.1 Å². The van der Waals surface area contributed by atoms with Gasteiger partial charge in [-0.3, -0.25) is 4.79 Å². The number of hydrogen-bond donors (Lipinski definition) is 0. The average molecular weight is 558 g/mol. The van der Waals surface area contributed by atoms with Crippen molar-refractivity contribution < 1.29 is 18.3 Å². The summed E-state index contributed by atoms with van der Waals surface area (Å²) in [5.74, 6) is -0.712. The Morgan fingerprint density at radius 3 is 2.63 bits per heavy atom. The van der Waals surface area contributed by atoms with Gasteiger partial charge in [0.1, 0.15) is 23.9 Å². The Hall–Kier alpha value is -4.11. The monoisotopic (exact) mass is 557 g/mol. The number of halogens is 2. The topological polar surface area (TPSA) is 61.8 Å². The molecule has 7 nitrogen and oxygen atoms in total. The molecule has 0 bridgehead atoms. The zero-order chi connectivity index (χ0) is 28.7. The van der Waals surface area contributed by atoms with Gasteiger partial charge in [-0.05, 0) is 57.0 Å². The number of rotatable bonds is 6. The minimum absolute atomic E-state index is 0.0359. The smallest absolute Gasteiger partial charge is 0.246 e. The normalized spacial score (nSPS) is 19.7. The van der Waals surface area contributed by atoms with Crippen LogP contribution in [-0.4, -0.2) is 77.6 Å². The lowest BCUT2D eigenvalue weighted by Gasteiger charge is -2.41. The van der Waals surface area contributed by atoms with Gasteiger partial charge in [0.2, 0.25) is 11.8 Å². The van der Waals surface area contributed by atoms with Crippen molar-refractivity contribution in [1.29, 1.82) is 0 Å². The number of benzene rings is 2. The summed E-state index contributed by atoms with van der Waals surface area (Å²) in [5.41, 5.74) is 1.46. The van der Waals surface area contributed by atoms with E-state index < -0.39 is 11.6 Å². The number of aromatic nitrogens is 2. The number of anilines is 1. The first-order valence-electron chi connectivity index (χ1n) is 14.0. The SMILES string of the molecule is C=CC(=O)N1CCN(c2cc(OC[C@@H]3CCCN3C)nc3nc(-c4cccc5cccc(F)c45)c(F)cc23)[C@H](C)C1.